The summed E-state index contributed by atoms with van der Waals surface area (Å²) in [7, 11) is -3.57. The maximum absolute atomic E-state index is 12.8. The molecule has 1 saturated heterocycles. The second-order valence-corrected chi connectivity index (χ2v) is 13.0. The van der Waals surface area contributed by atoms with Crippen molar-refractivity contribution in [2.24, 2.45) is 0 Å². The summed E-state index contributed by atoms with van der Waals surface area (Å²) in [6.45, 7) is 5.15. The van der Waals surface area contributed by atoms with Crippen LogP contribution in [0.1, 0.15) is 48.1 Å². The molecule has 0 unspecified atom stereocenters. The Labute approximate surface area is 249 Å². The zero-order valence-electron chi connectivity index (χ0n) is 24.3. The molecule has 3 aromatic carbocycles. The summed E-state index contributed by atoms with van der Waals surface area (Å²) in [5.41, 5.74) is 3.88. The fraction of sp³-hybridized carbons (Fsp3) is 0.406. The lowest BCUT2D eigenvalue weighted by Gasteiger charge is -2.32. The molecule has 2 atom stereocenters. The van der Waals surface area contributed by atoms with Crippen LogP contribution in [0.25, 0.3) is 0 Å². The van der Waals surface area contributed by atoms with E-state index in [1.54, 1.807) is 6.07 Å². The fourth-order valence-corrected chi connectivity index (χ4v) is 5.87. The predicted octanol–water partition coefficient (Wildman–Crippen LogP) is 3.34. The zero-order chi connectivity index (χ0) is 30.1. The van der Waals surface area contributed by atoms with E-state index in [1.807, 2.05) is 31.2 Å². The minimum absolute atomic E-state index is 0.0245. The van der Waals surface area contributed by atoms with Crippen LogP contribution in [0.4, 0.5) is 5.69 Å². The van der Waals surface area contributed by atoms with Gasteiger partial charge in [-0.1, -0.05) is 60.7 Å². The number of piperidine rings is 1. The molecule has 1 aliphatic heterocycles. The van der Waals surface area contributed by atoms with E-state index in [0.717, 1.165) is 49.9 Å². The third-order valence-corrected chi connectivity index (χ3v) is 8.05. The van der Waals surface area contributed by atoms with Crippen LogP contribution in [0.2, 0.25) is 0 Å². The fourth-order valence-electron chi connectivity index (χ4n) is 5.31. The van der Waals surface area contributed by atoms with E-state index in [4.69, 9.17) is 0 Å². The van der Waals surface area contributed by atoms with Gasteiger partial charge in [0.2, 0.25) is 15.9 Å². The molecule has 1 fully saturated rings. The van der Waals surface area contributed by atoms with Crippen LogP contribution in [0.15, 0.2) is 72.8 Å². The van der Waals surface area contributed by atoms with Gasteiger partial charge in [0.05, 0.1) is 24.5 Å². The third kappa shape index (κ3) is 10.1. The Balaban J connectivity index is 1.21. The molecule has 0 aliphatic carbocycles. The van der Waals surface area contributed by atoms with Gasteiger partial charge in [0.25, 0.3) is 0 Å². The number of phenols is 1. The standard InChI is InChI=1S/C32H42N4O5S/c1-23(33-21-31(38)27-11-12-30(37)29(20-27)35-42(2,40)41)17-25-9-6-10-26(18-25)19-32(39)34-28-13-15-36(16-14-28)22-24-7-4-3-5-8-24/h3-12,18,20,23,28,31,33,35,37-38H,13-17,19,21-22H2,1-2H3,(H,34,39)/t23-,31+/m1/s1. The minimum atomic E-state index is -3.57. The van der Waals surface area contributed by atoms with Gasteiger partial charge in [-0.15, -0.1) is 0 Å². The number of anilines is 1. The number of sulfonamides is 1. The molecule has 0 spiro atoms. The van der Waals surface area contributed by atoms with E-state index in [2.05, 4.69) is 50.6 Å². The van der Waals surface area contributed by atoms with Gasteiger partial charge in [0.15, 0.2) is 0 Å². The lowest BCUT2D eigenvalue weighted by atomic mass is 10.0. The van der Waals surface area contributed by atoms with Gasteiger partial charge < -0.3 is 20.8 Å². The number of hydrogen-bond donors (Lipinski definition) is 5. The first-order chi connectivity index (χ1) is 20.0. The lowest BCUT2D eigenvalue weighted by Crippen LogP contribution is -2.44. The van der Waals surface area contributed by atoms with Gasteiger partial charge in [0, 0.05) is 38.3 Å². The maximum atomic E-state index is 12.8. The molecule has 1 heterocycles. The van der Waals surface area contributed by atoms with Crippen molar-refractivity contribution in [1.29, 1.82) is 0 Å². The summed E-state index contributed by atoms with van der Waals surface area (Å²) in [6.07, 6.45) is 3.05. The van der Waals surface area contributed by atoms with E-state index in [0.29, 0.717) is 18.4 Å². The van der Waals surface area contributed by atoms with E-state index < -0.39 is 16.1 Å². The van der Waals surface area contributed by atoms with Crippen LogP contribution in [0.3, 0.4) is 0 Å². The molecule has 0 bridgehead atoms. The smallest absolute Gasteiger partial charge is 0.229 e. The Morgan fingerprint density at radius 2 is 1.67 bits per heavy atom. The number of carbonyl (C=O) groups is 1. The molecule has 0 radical (unpaired) electrons. The number of likely N-dealkylation sites (tertiary alicyclic amines) is 1. The van der Waals surface area contributed by atoms with Crippen LogP contribution >= 0.6 is 0 Å². The number of aromatic hydroxyl groups is 1. The van der Waals surface area contributed by atoms with Gasteiger partial charge in [-0.25, -0.2) is 8.42 Å². The highest BCUT2D eigenvalue weighted by Crippen LogP contribution is 2.27. The normalized spacial score (nSPS) is 16.1. The first-order valence-electron chi connectivity index (χ1n) is 14.4. The first-order valence-corrected chi connectivity index (χ1v) is 16.3. The Morgan fingerprint density at radius 3 is 2.38 bits per heavy atom. The second-order valence-electron chi connectivity index (χ2n) is 11.3. The summed E-state index contributed by atoms with van der Waals surface area (Å²) in [4.78, 5) is 15.2. The van der Waals surface area contributed by atoms with Gasteiger partial charge in [-0.05, 0) is 60.6 Å². The molecule has 1 aliphatic rings. The molecule has 10 heteroatoms. The van der Waals surface area contributed by atoms with Gasteiger partial charge >= 0.3 is 0 Å². The van der Waals surface area contributed by atoms with Crippen LogP contribution in [-0.4, -0.2) is 67.4 Å². The Morgan fingerprint density at radius 1 is 0.976 bits per heavy atom. The van der Waals surface area contributed by atoms with Crippen molar-refractivity contribution in [2.75, 3.05) is 30.6 Å². The number of amides is 1. The third-order valence-electron chi connectivity index (χ3n) is 7.46. The van der Waals surface area contributed by atoms with Crippen molar-refractivity contribution in [3.63, 3.8) is 0 Å². The first kappa shape index (κ1) is 31.5. The number of hydrogen-bond acceptors (Lipinski definition) is 7. The second kappa shape index (κ2) is 14.6. The topological polar surface area (TPSA) is 131 Å². The summed E-state index contributed by atoms with van der Waals surface area (Å²) < 4.78 is 25.3. The lowest BCUT2D eigenvalue weighted by molar-refractivity contribution is -0.121. The van der Waals surface area contributed by atoms with Crippen molar-refractivity contribution in [2.45, 2.75) is 57.3 Å². The van der Waals surface area contributed by atoms with Gasteiger partial charge in [-0.2, -0.15) is 0 Å². The highest BCUT2D eigenvalue weighted by atomic mass is 32.2. The quantitative estimate of drug-likeness (QED) is 0.192. The van der Waals surface area contributed by atoms with E-state index in [-0.39, 0.29) is 36.0 Å². The van der Waals surface area contributed by atoms with Crippen molar-refractivity contribution in [3.05, 3.63) is 95.1 Å². The SMILES string of the molecule is C[C@H](Cc1cccc(CC(=O)NC2CCN(Cc3ccccc3)CC2)c1)NC[C@H](O)c1ccc(O)c(NS(C)(=O)=O)c1. The summed E-state index contributed by atoms with van der Waals surface area (Å²) >= 11 is 0. The number of benzene rings is 3. The van der Waals surface area contributed by atoms with Crippen LogP contribution in [0, 0.1) is 0 Å². The van der Waals surface area contributed by atoms with E-state index in [1.165, 1.54) is 17.7 Å². The van der Waals surface area contributed by atoms with Crippen molar-refractivity contribution < 1.29 is 23.4 Å². The Hall–Kier alpha value is -3.44. The summed E-state index contributed by atoms with van der Waals surface area (Å²) in [5.74, 6) is -0.169. The van der Waals surface area contributed by atoms with Crippen LogP contribution in [-0.2, 0) is 34.2 Å². The van der Waals surface area contributed by atoms with Crippen molar-refractivity contribution in [3.8, 4) is 5.75 Å². The molecule has 0 saturated carbocycles. The highest BCUT2D eigenvalue weighted by Gasteiger charge is 2.21. The van der Waals surface area contributed by atoms with Gasteiger partial charge in [0.1, 0.15) is 5.75 Å². The average molecular weight is 595 g/mol. The summed E-state index contributed by atoms with van der Waals surface area (Å²) in [6, 6.07) is 23.1. The molecule has 9 nitrogen and oxygen atoms in total. The minimum Gasteiger partial charge on any atom is -0.506 e. The number of rotatable bonds is 13. The molecule has 226 valence electrons. The number of nitrogens with zero attached hydrogens (tertiary/aromatic N) is 1. The van der Waals surface area contributed by atoms with E-state index >= 15 is 0 Å². The summed E-state index contributed by atoms with van der Waals surface area (Å²) in [5, 5.41) is 27.1. The number of nitrogens with one attached hydrogen (secondary N) is 3. The number of carbonyl (C=O) groups excluding carboxylic acids is 1. The molecule has 42 heavy (non-hydrogen) atoms. The molecule has 5 N–H and O–H groups in total. The van der Waals surface area contributed by atoms with Gasteiger partial charge in [-0.3, -0.25) is 14.4 Å². The molecule has 0 aromatic heterocycles. The molecule has 3 aromatic rings. The maximum Gasteiger partial charge on any atom is 0.229 e. The Kier molecular flexibility index (Phi) is 11.0. The molecular formula is C32H42N4O5S. The molecule has 1 amide bonds. The van der Waals surface area contributed by atoms with Crippen molar-refractivity contribution >= 4 is 21.6 Å². The monoisotopic (exact) mass is 594 g/mol. The van der Waals surface area contributed by atoms with Crippen LogP contribution in [0.5, 0.6) is 5.75 Å². The van der Waals surface area contributed by atoms with Crippen molar-refractivity contribution in [1.82, 2.24) is 15.5 Å². The Bertz CT molecular complexity index is 1430. The number of aliphatic hydroxyl groups is 1. The largest absolute Gasteiger partial charge is 0.506 e. The average Bonchev–Trinajstić information content (AvgIpc) is 2.94. The molecular weight excluding hydrogens is 552 g/mol. The predicted molar refractivity (Wildman–Crippen MR) is 166 cm³/mol. The number of aliphatic hydroxyl groups excluding tert-OH is 1. The zero-order valence-corrected chi connectivity index (χ0v) is 25.1. The van der Waals surface area contributed by atoms with E-state index in [9.17, 15) is 23.4 Å². The number of phenolic OH excluding ortho intramolecular Hbond substituents is 1. The van der Waals surface area contributed by atoms with Crippen LogP contribution < -0.4 is 15.4 Å². The molecule has 4 rings (SSSR count). The highest BCUT2D eigenvalue weighted by molar-refractivity contribution is 7.92.